The second kappa shape index (κ2) is 11.9. The minimum Gasteiger partial charge on any atom is -0.444 e. The molecule has 31 heavy (non-hydrogen) atoms. The van der Waals surface area contributed by atoms with Crippen LogP contribution in [0.5, 0.6) is 0 Å². The number of rotatable bonds is 7. The van der Waals surface area contributed by atoms with Crippen molar-refractivity contribution in [3.05, 3.63) is 40.4 Å². The highest BCUT2D eigenvalue weighted by atomic mass is 79.9. The third-order valence-electron chi connectivity index (χ3n) is 4.82. The van der Waals surface area contributed by atoms with Gasteiger partial charge in [0.1, 0.15) is 5.60 Å². The fraction of sp³-hybridized carbons (Fsp3) is 0.522. The van der Waals surface area contributed by atoms with E-state index in [4.69, 9.17) is 4.74 Å². The molecule has 0 radical (unpaired) electrons. The Balaban J connectivity index is 1.62. The molecule has 2 rings (SSSR count). The molecule has 0 aliphatic carbocycles. The van der Waals surface area contributed by atoms with Crippen LogP contribution in [-0.2, 0) is 14.3 Å². The standard InChI is InChI=1S/C23H32BrN3O4/c1-23(2,3)31-22(30)25-13-10-20(28)26-16-18-11-14-27(15-12-18)21(29)9-6-17-4-7-19(24)8-5-17/h4-9,18H,10-16H2,1-3H3,(H,25,30)(H,26,28)/b9-6+. The van der Waals surface area contributed by atoms with E-state index in [1.807, 2.05) is 35.2 Å². The number of carbonyl (C=O) groups excluding carboxylic acids is 3. The van der Waals surface area contributed by atoms with Crippen molar-refractivity contribution in [2.24, 2.45) is 5.92 Å². The topological polar surface area (TPSA) is 87.7 Å². The second-order valence-corrected chi connectivity index (χ2v) is 9.55. The van der Waals surface area contributed by atoms with Gasteiger partial charge in [0.25, 0.3) is 0 Å². The first kappa shape index (κ1) is 24.9. The summed E-state index contributed by atoms with van der Waals surface area (Å²) in [5, 5.41) is 5.50. The molecule has 7 nitrogen and oxygen atoms in total. The van der Waals surface area contributed by atoms with Crippen molar-refractivity contribution in [1.29, 1.82) is 0 Å². The molecule has 0 unspecified atom stereocenters. The summed E-state index contributed by atoms with van der Waals surface area (Å²) in [4.78, 5) is 37.8. The maximum Gasteiger partial charge on any atom is 0.407 e. The molecule has 1 aliphatic rings. The Labute approximate surface area is 192 Å². The molecule has 0 saturated carbocycles. The molecule has 170 valence electrons. The van der Waals surface area contributed by atoms with Gasteiger partial charge < -0.3 is 20.3 Å². The van der Waals surface area contributed by atoms with Crippen molar-refractivity contribution in [1.82, 2.24) is 15.5 Å². The van der Waals surface area contributed by atoms with Crippen LogP contribution < -0.4 is 10.6 Å². The predicted octanol–water partition coefficient (Wildman–Crippen LogP) is 3.73. The molecule has 1 fully saturated rings. The molecule has 8 heteroatoms. The first-order valence-corrected chi connectivity index (χ1v) is 11.4. The lowest BCUT2D eigenvalue weighted by molar-refractivity contribution is -0.127. The first-order valence-electron chi connectivity index (χ1n) is 10.6. The van der Waals surface area contributed by atoms with E-state index in [0.717, 1.165) is 22.9 Å². The largest absolute Gasteiger partial charge is 0.444 e. The predicted molar refractivity (Wildman–Crippen MR) is 124 cm³/mol. The van der Waals surface area contributed by atoms with Crippen LogP contribution in [0.1, 0.15) is 45.6 Å². The van der Waals surface area contributed by atoms with Gasteiger partial charge in [-0.2, -0.15) is 0 Å². The van der Waals surface area contributed by atoms with E-state index in [0.29, 0.717) is 25.6 Å². The third-order valence-corrected chi connectivity index (χ3v) is 5.35. The number of nitrogens with one attached hydrogen (secondary N) is 2. The van der Waals surface area contributed by atoms with Crippen molar-refractivity contribution in [3.8, 4) is 0 Å². The number of ether oxygens (including phenoxy) is 1. The molecule has 0 aromatic heterocycles. The summed E-state index contributed by atoms with van der Waals surface area (Å²) in [6, 6.07) is 7.78. The lowest BCUT2D eigenvalue weighted by Gasteiger charge is -2.31. The van der Waals surface area contributed by atoms with Gasteiger partial charge in [-0.05, 0) is 63.3 Å². The van der Waals surface area contributed by atoms with Crippen LogP contribution in [0.3, 0.4) is 0 Å². The van der Waals surface area contributed by atoms with E-state index >= 15 is 0 Å². The molecule has 0 atom stereocenters. The number of hydrogen-bond donors (Lipinski definition) is 2. The highest BCUT2D eigenvalue weighted by molar-refractivity contribution is 9.10. The molecule has 1 aromatic carbocycles. The smallest absolute Gasteiger partial charge is 0.407 e. The number of hydrogen-bond acceptors (Lipinski definition) is 4. The molecule has 0 bridgehead atoms. The van der Waals surface area contributed by atoms with Crippen LogP contribution in [0.4, 0.5) is 4.79 Å². The minimum absolute atomic E-state index is 0.0126. The van der Waals surface area contributed by atoms with Gasteiger partial charge in [-0.3, -0.25) is 9.59 Å². The van der Waals surface area contributed by atoms with Gasteiger partial charge in [-0.25, -0.2) is 4.79 Å². The summed E-state index contributed by atoms with van der Waals surface area (Å²) in [6.07, 6.45) is 4.83. The maximum absolute atomic E-state index is 12.4. The molecular weight excluding hydrogens is 462 g/mol. The summed E-state index contributed by atoms with van der Waals surface area (Å²) in [5.74, 6) is 0.257. The molecular formula is C23H32BrN3O4. The number of piperidine rings is 1. The number of halogens is 1. The van der Waals surface area contributed by atoms with Crippen molar-refractivity contribution in [2.45, 2.75) is 45.6 Å². The summed E-state index contributed by atoms with van der Waals surface area (Å²) in [7, 11) is 0. The Bertz CT molecular complexity index is 779. The number of nitrogens with zero attached hydrogens (tertiary/aromatic N) is 1. The van der Waals surface area contributed by atoms with E-state index in [1.54, 1.807) is 26.8 Å². The fourth-order valence-electron chi connectivity index (χ4n) is 3.14. The summed E-state index contributed by atoms with van der Waals surface area (Å²) >= 11 is 3.40. The summed E-state index contributed by atoms with van der Waals surface area (Å²) < 4.78 is 6.13. The Morgan fingerprint density at radius 1 is 1.13 bits per heavy atom. The van der Waals surface area contributed by atoms with Crippen LogP contribution in [-0.4, -0.2) is 54.6 Å². The summed E-state index contributed by atoms with van der Waals surface area (Å²) in [5.41, 5.74) is 0.424. The van der Waals surface area contributed by atoms with E-state index in [1.165, 1.54) is 0 Å². The summed E-state index contributed by atoms with van der Waals surface area (Å²) in [6.45, 7) is 7.56. The van der Waals surface area contributed by atoms with Crippen molar-refractivity contribution < 1.29 is 19.1 Å². The zero-order valence-corrected chi connectivity index (χ0v) is 20.0. The van der Waals surface area contributed by atoms with E-state index in [9.17, 15) is 14.4 Å². The maximum atomic E-state index is 12.4. The highest BCUT2D eigenvalue weighted by Crippen LogP contribution is 2.17. The average Bonchev–Trinajstić information content (AvgIpc) is 2.70. The number of carbonyl (C=O) groups is 3. The number of alkyl carbamates (subject to hydrolysis) is 1. The van der Waals surface area contributed by atoms with E-state index in [-0.39, 0.29) is 24.8 Å². The fourth-order valence-corrected chi connectivity index (χ4v) is 3.41. The van der Waals surface area contributed by atoms with Crippen LogP contribution in [0.25, 0.3) is 6.08 Å². The lowest BCUT2D eigenvalue weighted by Crippen LogP contribution is -2.41. The van der Waals surface area contributed by atoms with Gasteiger partial charge in [0.2, 0.25) is 11.8 Å². The molecule has 3 amide bonds. The Hall–Kier alpha value is -2.35. The number of likely N-dealkylation sites (tertiary alicyclic amines) is 1. The first-order chi connectivity index (χ1) is 14.6. The van der Waals surface area contributed by atoms with Crippen molar-refractivity contribution >= 4 is 39.9 Å². The quantitative estimate of drug-likeness (QED) is 0.566. The number of benzene rings is 1. The van der Waals surface area contributed by atoms with Crippen molar-refractivity contribution in [2.75, 3.05) is 26.2 Å². The van der Waals surface area contributed by atoms with Crippen LogP contribution in [0.2, 0.25) is 0 Å². The van der Waals surface area contributed by atoms with Crippen LogP contribution in [0, 0.1) is 5.92 Å². The monoisotopic (exact) mass is 493 g/mol. The van der Waals surface area contributed by atoms with Crippen LogP contribution >= 0.6 is 15.9 Å². The Kier molecular flexibility index (Phi) is 9.55. The average molecular weight is 494 g/mol. The lowest BCUT2D eigenvalue weighted by atomic mass is 9.96. The van der Waals surface area contributed by atoms with Crippen LogP contribution in [0.15, 0.2) is 34.8 Å². The minimum atomic E-state index is -0.558. The molecule has 1 saturated heterocycles. The normalized spacial score (nSPS) is 15.0. The van der Waals surface area contributed by atoms with Gasteiger partial charge in [0.05, 0.1) is 0 Å². The van der Waals surface area contributed by atoms with Gasteiger partial charge in [-0.1, -0.05) is 28.1 Å². The molecule has 1 aliphatic heterocycles. The SMILES string of the molecule is CC(C)(C)OC(=O)NCCC(=O)NCC1CCN(C(=O)/C=C/c2ccc(Br)cc2)CC1. The molecule has 2 N–H and O–H groups in total. The third kappa shape index (κ3) is 10.0. The number of amides is 3. The van der Waals surface area contributed by atoms with Gasteiger partial charge in [0, 0.05) is 43.1 Å². The zero-order valence-electron chi connectivity index (χ0n) is 18.4. The van der Waals surface area contributed by atoms with Gasteiger partial charge >= 0.3 is 6.09 Å². The van der Waals surface area contributed by atoms with Gasteiger partial charge in [0.15, 0.2) is 0 Å². The second-order valence-electron chi connectivity index (χ2n) is 8.64. The zero-order chi connectivity index (χ0) is 22.9. The Morgan fingerprint density at radius 2 is 1.77 bits per heavy atom. The van der Waals surface area contributed by atoms with Gasteiger partial charge in [-0.15, -0.1) is 0 Å². The molecule has 1 heterocycles. The Morgan fingerprint density at radius 3 is 2.39 bits per heavy atom. The van der Waals surface area contributed by atoms with E-state index in [2.05, 4.69) is 26.6 Å². The van der Waals surface area contributed by atoms with E-state index < -0.39 is 11.7 Å². The molecule has 1 aromatic rings. The molecule has 0 spiro atoms. The highest BCUT2D eigenvalue weighted by Gasteiger charge is 2.22. The van der Waals surface area contributed by atoms with Crippen molar-refractivity contribution in [3.63, 3.8) is 0 Å².